The number of likely N-dealkylation sites (tertiary alicyclic amines) is 1. The summed E-state index contributed by atoms with van der Waals surface area (Å²) in [6, 6.07) is 9.88. The first kappa shape index (κ1) is 39.3. The fourth-order valence-electron chi connectivity index (χ4n) is 6.09. The molecule has 2 aromatic carbocycles. The molecule has 0 saturated carbocycles. The summed E-state index contributed by atoms with van der Waals surface area (Å²) in [6.45, 7) is 6.37. The highest BCUT2D eigenvalue weighted by molar-refractivity contribution is 5.91. The second-order valence-electron chi connectivity index (χ2n) is 13.0. The number of phenolic OH excluding ortho intramolecular Hbond substituents is 1. The molecule has 1 aromatic heterocycles. The smallest absolute Gasteiger partial charge is 0.490 e. The number of aliphatic hydroxyl groups is 1. The van der Waals surface area contributed by atoms with Crippen molar-refractivity contribution in [2.75, 3.05) is 45.1 Å². The maximum Gasteiger partial charge on any atom is 0.490 e. The number of alkyl halides is 3. The summed E-state index contributed by atoms with van der Waals surface area (Å²) in [5.74, 6) is -2.44. The molecule has 2 heterocycles. The number of H-pyrrole nitrogens is 1. The van der Waals surface area contributed by atoms with E-state index in [1.165, 1.54) is 12.1 Å². The van der Waals surface area contributed by atoms with E-state index in [1.54, 1.807) is 24.1 Å². The topological polar surface area (TPSA) is 164 Å². The summed E-state index contributed by atoms with van der Waals surface area (Å²) in [6.07, 6.45) is -4.33. The fraction of sp³-hybridized carbons (Fsp3) is 0.500. The maximum atomic E-state index is 12.7. The van der Waals surface area contributed by atoms with Crippen molar-refractivity contribution in [3.63, 3.8) is 0 Å². The fourth-order valence-corrected chi connectivity index (χ4v) is 6.09. The number of aryl methyl sites for hydroxylation is 2. The van der Waals surface area contributed by atoms with Crippen LogP contribution in [0.5, 0.6) is 5.75 Å². The van der Waals surface area contributed by atoms with Gasteiger partial charge in [0.15, 0.2) is 0 Å². The summed E-state index contributed by atoms with van der Waals surface area (Å²) < 4.78 is 41.7. The van der Waals surface area contributed by atoms with Gasteiger partial charge in [-0.25, -0.2) is 4.79 Å². The summed E-state index contributed by atoms with van der Waals surface area (Å²) in [5, 5.41) is 27.7. The van der Waals surface area contributed by atoms with Crippen LogP contribution in [0.3, 0.4) is 0 Å². The molecule has 15 heteroatoms. The lowest BCUT2D eigenvalue weighted by Gasteiger charge is -2.31. The number of rotatable bonds is 15. The van der Waals surface area contributed by atoms with Crippen LogP contribution < -0.4 is 16.2 Å². The van der Waals surface area contributed by atoms with Gasteiger partial charge in [-0.3, -0.25) is 14.4 Å². The number of benzene rings is 2. The third kappa shape index (κ3) is 11.3. The minimum Gasteiger partial charge on any atom is -0.506 e. The molecule has 0 aliphatic carbocycles. The van der Waals surface area contributed by atoms with Gasteiger partial charge in [0.25, 0.3) is 0 Å². The first-order valence-electron chi connectivity index (χ1n) is 17.0. The number of nitrogens with one attached hydrogen (secondary N) is 3. The van der Waals surface area contributed by atoms with E-state index in [9.17, 15) is 42.6 Å². The van der Waals surface area contributed by atoms with E-state index in [-0.39, 0.29) is 60.9 Å². The zero-order valence-corrected chi connectivity index (χ0v) is 29.1. The molecule has 1 aliphatic heterocycles. The standard InChI is InChI=1S/C36H46F3N5O7/c1-22-19-28(23(2)18-24(22)20-40-21-30(46)26-7-9-29(45)34-27(26)8-10-32(48)42-34)41-31(47)6-4-5-14-43(3)33(49)13-17-44-15-11-25(12-16-44)51-35(50)36(37,38)39/h7-10,18-19,25,30,40,45-46H,4-6,11-17,20-21H2,1-3H3,(H,41,47)(H,42,48)/t30-/m0/s1. The lowest BCUT2D eigenvalue weighted by atomic mass is 10.0. The second-order valence-corrected chi connectivity index (χ2v) is 13.0. The molecule has 2 amide bonds. The number of amides is 2. The van der Waals surface area contributed by atoms with Gasteiger partial charge < -0.3 is 40.4 Å². The Morgan fingerprint density at radius 2 is 1.78 bits per heavy atom. The van der Waals surface area contributed by atoms with Gasteiger partial charge in [0.05, 0.1) is 11.6 Å². The Kier molecular flexibility index (Phi) is 13.6. The average molecular weight is 718 g/mol. The summed E-state index contributed by atoms with van der Waals surface area (Å²) in [4.78, 5) is 54.2. The Morgan fingerprint density at radius 3 is 2.49 bits per heavy atom. The van der Waals surface area contributed by atoms with Crippen LogP contribution in [0, 0.1) is 13.8 Å². The largest absolute Gasteiger partial charge is 0.506 e. The van der Waals surface area contributed by atoms with Gasteiger partial charge in [0, 0.05) is 76.3 Å². The van der Waals surface area contributed by atoms with Gasteiger partial charge in [0.1, 0.15) is 11.9 Å². The highest BCUT2D eigenvalue weighted by Gasteiger charge is 2.42. The minimum atomic E-state index is -5.00. The van der Waals surface area contributed by atoms with Crippen molar-refractivity contribution in [2.45, 2.75) is 77.3 Å². The first-order chi connectivity index (χ1) is 24.1. The number of phenols is 1. The van der Waals surface area contributed by atoms with E-state index in [0.29, 0.717) is 62.2 Å². The van der Waals surface area contributed by atoms with Gasteiger partial charge >= 0.3 is 12.1 Å². The van der Waals surface area contributed by atoms with Crippen LogP contribution in [-0.4, -0.2) is 94.8 Å². The molecule has 278 valence electrons. The number of carbonyl (C=O) groups excluding carboxylic acids is 3. The number of aromatic hydroxyl groups is 1. The molecule has 0 bridgehead atoms. The predicted octanol–water partition coefficient (Wildman–Crippen LogP) is 4.20. The van der Waals surface area contributed by atoms with E-state index >= 15 is 0 Å². The molecule has 1 atom stereocenters. The summed E-state index contributed by atoms with van der Waals surface area (Å²) >= 11 is 0. The molecule has 1 fully saturated rings. The van der Waals surface area contributed by atoms with Gasteiger partial charge in [-0.1, -0.05) is 12.1 Å². The molecule has 0 unspecified atom stereocenters. The van der Waals surface area contributed by atoms with Crippen molar-refractivity contribution < 1.29 is 42.5 Å². The average Bonchev–Trinajstić information content (AvgIpc) is 3.08. The van der Waals surface area contributed by atoms with E-state index in [1.807, 2.05) is 30.9 Å². The van der Waals surface area contributed by atoms with Crippen molar-refractivity contribution in [3.8, 4) is 5.75 Å². The number of unbranched alkanes of at least 4 members (excludes halogenated alkanes) is 1. The number of carbonyl (C=O) groups is 3. The number of hydrogen-bond acceptors (Lipinski definition) is 9. The van der Waals surface area contributed by atoms with Crippen LogP contribution in [-0.2, 0) is 25.7 Å². The number of ether oxygens (including phenoxy) is 1. The monoisotopic (exact) mass is 717 g/mol. The lowest BCUT2D eigenvalue weighted by Crippen LogP contribution is -2.41. The van der Waals surface area contributed by atoms with Gasteiger partial charge in [-0.15, -0.1) is 0 Å². The van der Waals surface area contributed by atoms with Gasteiger partial charge in [-0.2, -0.15) is 13.2 Å². The first-order valence-corrected chi connectivity index (χ1v) is 17.0. The number of halogens is 3. The normalized spacial score (nSPS) is 14.7. The molecule has 5 N–H and O–H groups in total. The summed E-state index contributed by atoms with van der Waals surface area (Å²) in [5.41, 5.74) is 4.05. The molecule has 3 aromatic rings. The molecule has 12 nitrogen and oxygen atoms in total. The SMILES string of the molecule is Cc1cc(NC(=O)CCCCN(C)C(=O)CCN2CCC(OC(=O)C(F)(F)F)CC2)c(C)cc1CNC[C@H](O)c1ccc(O)c2[nH]c(=O)ccc12. The van der Waals surface area contributed by atoms with E-state index in [2.05, 4.69) is 20.4 Å². The zero-order valence-electron chi connectivity index (χ0n) is 29.1. The quantitative estimate of drug-likeness (QED) is 0.115. The number of pyridine rings is 1. The molecule has 1 saturated heterocycles. The molecular weight excluding hydrogens is 671 g/mol. The van der Waals surface area contributed by atoms with Crippen LogP contribution in [0.15, 0.2) is 41.2 Å². The van der Waals surface area contributed by atoms with Gasteiger partial charge in [0.2, 0.25) is 17.4 Å². The van der Waals surface area contributed by atoms with Gasteiger partial charge in [-0.05, 0) is 80.0 Å². The van der Waals surface area contributed by atoms with E-state index in [0.717, 1.165) is 16.7 Å². The lowest BCUT2D eigenvalue weighted by molar-refractivity contribution is -0.206. The van der Waals surface area contributed by atoms with E-state index < -0.39 is 24.4 Å². The highest BCUT2D eigenvalue weighted by atomic mass is 19.4. The number of esters is 1. The third-order valence-electron chi connectivity index (χ3n) is 9.13. The predicted molar refractivity (Wildman–Crippen MR) is 185 cm³/mol. The molecule has 1 aliphatic rings. The number of hydrogen-bond donors (Lipinski definition) is 5. The molecule has 51 heavy (non-hydrogen) atoms. The third-order valence-corrected chi connectivity index (χ3v) is 9.13. The van der Waals surface area contributed by atoms with Crippen molar-refractivity contribution in [3.05, 3.63) is 69.0 Å². The molecule has 4 rings (SSSR count). The number of anilines is 1. The van der Waals surface area contributed by atoms with Crippen molar-refractivity contribution >= 4 is 34.4 Å². The van der Waals surface area contributed by atoms with Crippen molar-refractivity contribution in [1.29, 1.82) is 0 Å². The number of aromatic nitrogens is 1. The summed E-state index contributed by atoms with van der Waals surface area (Å²) in [7, 11) is 1.70. The Hall–Kier alpha value is -4.47. The highest BCUT2D eigenvalue weighted by Crippen LogP contribution is 2.29. The van der Waals surface area contributed by atoms with Crippen molar-refractivity contribution in [1.82, 2.24) is 20.1 Å². The van der Waals surface area contributed by atoms with Crippen LogP contribution in [0.25, 0.3) is 10.9 Å². The Bertz CT molecular complexity index is 1760. The number of piperidine rings is 1. The van der Waals surface area contributed by atoms with Crippen LogP contribution in [0.4, 0.5) is 18.9 Å². The number of aliphatic hydroxyl groups excluding tert-OH is 1. The Morgan fingerprint density at radius 1 is 1.06 bits per heavy atom. The molecule has 0 spiro atoms. The zero-order chi connectivity index (χ0) is 37.3. The van der Waals surface area contributed by atoms with Crippen LogP contribution in [0.1, 0.15) is 66.9 Å². The number of aromatic amines is 1. The second kappa shape index (κ2) is 17.6. The van der Waals surface area contributed by atoms with Crippen LogP contribution in [0.2, 0.25) is 0 Å². The van der Waals surface area contributed by atoms with Crippen LogP contribution >= 0.6 is 0 Å². The maximum absolute atomic E-state index is 12.7. The Labute approximate surface area is 294 Å². The number of fused-ring (bicyclic) bond motifs is 1. The van der Waals surface area contributed by atoms with Crippen molar-refractivity contribution in [2.24, 2.45) is 0 Å². The minimum absolute atomic E-state index is 0.0633. The molecule has 0 radical (unpaired) electrons. The van der Waals surface area contributed by atoms with E-state index in [4.69, 9.17) is 0 Å². The Balaban J connectivity index is 1.13. The molecular formula is C36H46F3N5O7. The number of nitrogens with zero attached hydrogens (tertiary/aromatic N) is 2.